The van der Waals surface area contributed by atoms with Crippen LogP contribution >= 0.6 is 15.9 Å². The molecule has 0 bridgehead atoms. The molecule has 0 aliphatic carbocycles. The molecule has 2 rings (SSSR count). The summed E-state index contributed by atoms with van der Waals surface area (Å²) in [5.41, 5.74) is 0. The largest absolute Gasteiger partial charge is 0.444 e. The van der Waals surface area contributed by atoms with Gasteiger partial charge in [0.05, 0.1) is 6.54 Å². The number of nitrogens with zero attached hydrogens (tertiary/aromatic N) is 1. The molecule has 5 heteroatoms. The van der Waals surface area contributed by atoms with Crippen molar-refractivity contribution in [2.24, 2.45) is 0 Å². The van der Waals surface area contributed by atoms with Crippen LogP contribution < -0.4 is 0 Å². The summed E-state index contributed by atoms with van der Waals surface area (Å²) < 4.78 is 18.6. The maximum Gasteiger partial charge on any atom is 0.289 e. The van der Waals surface area contributed by atoms with Gasteiger partial charge in [-0.05, 0) is 40.6 Å². The van der Waals surface area contributed by atoms with E-state index < -0.39 is 0 Å². The van der Waals surface area contributed by atoms with Crippen LogP contribution in [0.1, 0.15) is 17.0 Å². The lowest BCUT2D eigenvalue weighted by Crippen LogP contribution is -2.34. The molecule has 0 unspecified atom stereocenters. The van der Waals surface area contributed by atoms with E-state index in [9.17, 15) is 9.18 Å². The van der Waals surface area contributed by atoms with E-state index in [0.717, 1.165) is 0 Å². The Labute approximate surface area is 94.7 Å². The van der Waals surface area contributed by atoms with Gasteiger partial charge >= 0.3 is 0 Å². The molecule has 0 radical (unpaired) electrons. The maximum absolute atomic E-state index is 12.9. The monoisotopic (exact) mass is 273 g/mol. The minimum atomic E-state index is -0.274. The molecular weight excluding hydrogens is 265 g/mol. The third-order valence-electron chi connectivity index (χ3n) is 2.18. The highest BCUT2D eigenvalue weighted by Crippen LogP contribution is 2.18. The molecule has 1 aliphatic rings. The number of hydrogen-bond donors (Lipinski definition) is 0. The van der Waals surface area contributed by atoms with Gasteiger partial charge in [0.2, 0.25) is 0 Å². The molecule has 1 aliphatic heterocycles. The van der Waals surface area contributed by atoms with E-state index in [4.69, 9.17) is 4.42 Å². The fraction of sp³-hybridized carbons (Fsp3) is 0.300. The van der Waals surface area contributed by atoms with Gasteiger partial charge in [0, 0.05) is 6.54 Å². The number of rotatable bonds is 1. The first kappa shape index (κ1) is 10.4. The number of amides is 1. The summed E-state index contributed by atoms with van der Waals surface area (Å²) >= 11 is 3.11. The zero-order valence-corrected chi connectivity index (χ0v) is 9.46. The summed E-state index contributed by atoms with van der Waals surface area (Å²) in [6.45, 7) is 0.571. The molecule has 1 aromatic heterocycles. The van der Waals surface area contributed by atoms with Crippen molar-refractivity contribution >= 4 is 21.8 Å². The van der Waals surface area contributed by atoms with E-state index in [1.165, 1.54) is 11.0 Å². The second-order valence-electron chi connectivity index (χ2n) is 3.27. The smallest absolute Gasteiger partial charge is 0.289 e. The van der Waals surface area contributed by atoms with E-state index >= 15 is 0 Å². The van der Waals surface area contributed by atoms with Gasteiger partial charge in [0.15, 0.2) is 10.4 Å². The molecule has 15 heavy (non-hydrogen) atoms. The van der Waals surface area contributed by atoms with Crippen LogP contribution in [0.3, 0.4) is 0 Å². The highest BCUT2D eigenvalue weighted by molar-refractivity contribution is 9.10. The van der Waals surface area contributed by atoms with Crippen LogP contribution in [0.2, 0.25) is 0 Å². The minimum Gasteiger partial charge on any atom is -0.444 e. The third-order valence-corrected chi connectivity index (χ3v) is 2.60. The Morgan fingerprint density at radius 3 is 2.93 bits per heavy atom. The molecular formula is C10H9BrFNO2. The average Bonchev–Trinajstić information content (AvgIpc) is 2.64. The zero-order chi connectivity index (χ0) is 10.8. The molecule has 0 aromatic carbocycles. The summed E-state index contributed by atoms with van der Waals surface area (Å²) in [4.78, 5) is 13.2. The lowest BCUT2D eigenvalue weighted by atomic mass is 10.2. The van der Waals surface area contributed by atoms with Crippen LogP contribution in [-0.2, 0) is 0 Å². The number of halogens is 2. The van der Waals surface area contributed by atoms with Gasteiger partial charge in [-0.25, -0.2) is 4.39 Å². The summed E-state index contributed by atoms with van der Waals surface area (Å²) in [6.07, 6.45) is 2.06. The van der Waals surface area contributed by atoms with Crippen molar-refractivity contribution in [3.63, 3.8) is 0 Å². The lowest BCUT2D eigenvalue weighted by Gasteiger charge is -2.23. The molecule has 0 spiro atoms. The van der Waals surface area contributed by atoms with Crippen LogP contribution in [0.4, 0.5) is 4.39 Å². The van der Waals surface area contributed by atoms with Gasteiger partial charge in [0.25, 0.3) is 5.91 Å². The Kier molecular flexibility index (Phi) is 2.90. The van der Waals surface area contributed by atoms with Crippen LogP contribution in [0.5, 0.6) is 0 Å². The molecule has 0 N–H and O–H groups in total. The molecule has 3 nitrogen and oxygen atoms in total. The Bertz CT molecular complexity index is 413. The number of carbonyl (C=O) groups is 1. The normalized spacial score (nSPS) is 16.4. The van der Waals surface area contributed by atoms with Gasteiger partial charge in [-0.1, -0.05) is 0 Å². The van der Waals surface area contributed by atoms with E-state index in [2.05, 4.69) is 15.9 Å². The van der Waals surface area contributed by atoms with Crippen molar-refractivity contribution in [2.45, 2.75) is 6.42 Å². The quantitative estimate of drug-likeness (QED) is 0.789. The minimum absolute atomic E-state index is 0.0388. The van der Waals surface area contributed by atoms with Gasteiger partial charge in [-0.2, -0.15) is 0 Å². The van der Waals surface area contributed by atoms with Crippen molar-refractivity contribution in [3.8, 4) is 0 Å². The van der Waals surface area contributed by atoms with Gasteiger partial charge in [-0.15, -0.1) is 0 Å². The highest BCUT2D eigenvalue weighted by atomic mass is 79.9. The van der Waals surface area contributed by atoms with Crippen LogP contribution in [0.15, 0.2) is 33.1 Å². The maximum atomic E-state index is 12.9. The van der Waals surface area contributed by atoms with E-state index in [1.54, 1.807) is 12.1 Å². The Morgan fingerprint density at radius 1 is 1.53 bits per heavy atom. The molecule has 0 saturated heterocycles. The average molecular weight is 274 g/mol. The first-order chi connectivity index (χ1) is 7.16. The predicted molar refractivity (Wildman–Crippen MR) is 56.1 cm³/mol. The Morgan fingerprint density at radius 2 is 2.33 bits per heavy atom. The Hall–Kier alpha value is -1.10. The molecule has 1 aromatic rings. The molecule has 0 atom stereocenters. The SMILES string of the molecule is O=C(c1ccc(Br)o1)N1CCC=C(F)C1. The van der Waals surface area contributed by atoms with Crippen molar-refractivity contribution in [1.82, 2.24) is 4.90 Å². The summed E-state index contributed by atoms with van der Waals surface area (Å²) in [7, 11) is 0. The van der Waals surface area contributed by atoms with Crippen molar-refractivity contribution in [3.05, 3.63) is 34.5 Å². The van der Waals surface area contributed by atoms with Gasteiger partial charge in [-0.3, -0.25) is 4.79 Å². The Balaban J connectivity index is 2.12. The van der Waals surface area contributed by atoms with Gasteiger partial charge < -0.3 is 9.32 Å². The molecule has 0 saturated carbocycles. The lowest BCUT2D eigenvalue weighted by molar-refractivity contribution is 0.0722. The summed E-state index contributed by atoms with van der Waals surface area (Å²) in [6, 6.07) is 3.21. The van der Waals surface area contributed by atoms with E-state index in [0.29, 0.717) is 17.6 Å². The van der Waals surface area contributed by atoms with Crippen LogP contribution in [-0.4, -0.2) is 23.9 Å². The molecule has 1 amide bonds. The molecule has 2 heterocycles. The fourth-order valence-electron chi connectivity index (χ4n) is 1.46. The third kappa shape index (κ3) is 2.28. The van der Waals surface area contributed by atoms with E-state index in [-0.39, 0.29) is 24.0 Å². The second kappa shape index (κ2) is 4.18. The highest BCUT2D eigenvalue weighted by Gasteiger charge is 2.21. The predicted octanol–water partition coefficient (Wildman–Crippen LogP) is 2.74. The topological polar surface area (TPSA) is 33.5 Å². The van der Waals surface area contributed by atoms with E-state index in [1.807, 2.05) is 0 Å². The fourth-order valence-corrected chi connectivity index (χ4v) is 1.77. The number of furan rings is 1. The number of hydrogen-bond acceptors (Lipinski definition) is 2. The molecule has 80 valence electrons. The van der Waals surface area contributed by atoms with Crippen molar-refractivity contribution in [2.75, 3.05) is 13.1 Å². The first-order valence-electron chi connectivity index (χ1n) is 4.56. The first-order valence-corrected chi connectivity index (χ1v) is 5.35. The second-order valence-corrected chi connectivity index (χ2v) is 4.05. The number of carbonyl (C=O) groups excluding carboxylic acids is 1. The molecule has 0 fully saturated rings. The van der Waals surface area contributed by atoms with Crippen molar-refractivity contribution < 1.29 is 13.6 Å². The summed E-state index contributed by atoms with van der Waals surface area (Å²) in [5, 5.41) is 0. The van der Waals surface area contributed by atoms with Crippen LogP contribution in [0, 0.1) is 0 Å². The van der Waals surface area contributed by atoms with Crippen molar-refractivity contribution in [1.29, 1.82) is 0 Å². The standard InChI is InChI=1S/C10H9BrFNO2/c11-9-4-3-8(15-9)10(14)13-5-1-2-7(12)6-13/h2-4H,1,5-6H2. The van der Waals surface area contributed by atoms with Gasteiger partial charge in [0.1, 0.15) is 5.83 Å². The van der Waals surface area contributed by atoms with Crippen LogP contribution in [0.25, 0.3) is 0 Å². The summed E-state index contributed by atoms with van der Waals surface area (Å²) in [5.74, 6) is -0.305. The zero-order valence-electron chi connectivity index (χ0n) is 7.87.